The van der Waals surface area contributed by atoms with Crippen LogP contribution in [0.4, 0.5) is 4.39 Å². The minimum Gasteiger partial charge on any atom is -0.334 e. The van der Waals surface area contributed by atoms with Gasteiger partial charge in [0.05, 0.1) is 6.04 Å². The molecular formula is C15H21FN2OS. The maximum atomic E-state index is 13.0. The van der Waals surface area contributed by atoms with Gasteiger partial charge in [0.1, 0.15) is 5.82 Å². The molecule has 5 heteroatoms. The molecule has 1 aliphatic heterocycles. The summed E-state index contributed by atoms with van der Waals surface area (Å²) in [5.74, 6) is 1.76. The second kappa shape index (κ2) is 7.09. The summed E-state index contributed by atoms with van der Waals surface area (Å²) in [5.41, 5.74) is 0.571. The number of thioether (sulfide) groups is 1. The third-order valence-electron chi connectivity index (χ3n) is 3.37. The van der Waals surface area contributed by atoms with Crippen molar-refractivity contribution in [1.29, 1.82) is 0 Å². The van der Waals surface area contributed by atoms with Gasteiger partial charge in [0.2, 0.25) is 0 Å². The number of halogens is 1. The van der Waals surface area contributed by atoms with Crippen molar-refractivity contribution in [2.45, 2.75) is 12.5 Å². The number of likely N-dealkylation sites (N-methyl/N-ethyl adjacent to an activating group) is 1. The van der Waals surface area contributed by atoms with Gasteiger partial charge in [-0.1, -0.05) is 0 Å². The number of benzene rings is 1. The van der Waals surface area contributed by atoms with E-state index in [0.29, 0.717) is 5.56 Å². The molecule has 1 unspecified atom stereocenters. The standard InChI is InChI=1S/C15H21FN2OS/c1-17(2)10-14-11-20-9-3-8-18(14)15(19)12-4-6-13(16)7-5-12/h4-7,14H,3,8-11H2,1-2H3. The van der Waals surface area contributed by atoms with Crippen molar-refractivity contribution < 1.29 is 9.18 Å². The molecule has 1 amide bonds. The molecule has 0 aliphatic carbocycles. The molecule has 1 atom stereocenters. The smallest absolute Gasteiger partial charge is 0.254 e. The number of carbonyl (C=O) groups excluding carboxylic acids is 1. The van der Waals surface area contributed by atoms with Crippen molar-refractivity contribution >= 4 is 17.7 Å². The first kappa shape index (κ1) is 15.3. The van der Waals surface area contributed by atoms with Crippen LogP contribution in [0.5, 0.6) is 0 Å². The minimum atomic E-state index is -0.308. The zero-order valence-electron chi connectivity index (χ0n) is 12.0. The monoisotopic (exact) mass is 296 g/mol. The summed E-state index contributed by atoms with van der Waals surface area (Å²) in [6.07, 6.45) is 1.02. The maximum absolute atomic E-state index is 13.0. The van der Waals surface area contributed by atoms with Gasteiger partial charge in [-0.15, -0.1) is 0 Å². The third-order valence-corrected chi connectivity index (χ3v) is 4.56. The van der Waals surface area contributed by atoms with Crippen LogP contribution in [0.3, 0.4) is 0 Å². The van der Waals surface area contributed by atoms with E-state index in [0.717, 1.165) is 31.0 Å². The third kappa shape index (κ3) is 3.96. The highest BCUT2D eigenvalue weighted by atomic mass is 32.2. The van der Waals surface area contributed by atoms with Gasteiger partial charge in [0.15, 0.2) is 0 Å². The van der Waals surface area contributed by atoms with E-state index in [9.17, 15) is 9.18 Å². The second-order valence-corrected chi connectivity index (χ2v) is 6.50. The molecule has 1 heterocycles. The van der Waals surface area contributed by atoms with E-state index in [1.807, 2.05) is 30.8 Å². The van der Waals surface area contributed by atoms with Crippen LogP contribution in [0.15, 0.2) is 24.3 Å². The summed E-state index contributed by atoms with van der Waals surface area (Å²) in [7, 11) is 4.05. The zero-order chi connectivity index (χ0) is 14.5. The number of amides is 1. The molecule has 0 N–H and O–H groups in total. The number of nitrogens with zero attached hydrogens (tertiary/aromatic N) is 2. The fourth-order valence-electron chi connectivity index (χ4n) is 2.43. The Kier molecular flexibility index (Phi) is 5.43. The van der Waals surface area contributed by atoms with Crippen molar-refractivity contribution in [3.63, 3.8) is 0 Å². The van der Waals surface area contributed by atoms with Crippen LogP contribution >= 0.6 is 11.8 Å². The van der Waals surface area contributed by atoms with Gasteiger partial charge < -0.3 is 9.80 Å². The van der Waals surface area contributed by atoms with Gasteiger partial charge in [-0.3, -0.25) is 4.79 Å². The molecule has 2 rings (SSSR count). The van der Waals surface area contributed by atoms with E-state index in [2.05, 4.69) is 4.90 Å². The zero-order valence-corrected chi connectivity index (χ0v) is 12.8. The molecule has 110 valence electrons. The van der Waals surface area contributed by atoms with Crippen LogP contribution in [0, 0.1) is 5.82 Å². The van der Waals surface area contributed by atoms with Crippen molar-refractivity contribution in [3.8, 4) is 0 Å². The Bertz CT molecular complexity index is 450. The SMILES string of the molecule is CN(C)CC1CSCCCN1C(=O)c1ccc(F)cc1. The quantitative estimate of drug-likeness (QED) is 0.855. The average molecular weight is 296 g/mol. The Labute approximate surface area is 124 Å². The summed E-state index contributed by atoms with van der Waals surface area (Å²) in [4.78, 5) is 16.7. The van der Waals surface area contributed by atoms with Crippen molar-refractivity contribution in [3.05, 3.63) is 35.6 Å². The molecule has 0 aromatic heterocycles. The molecule has 1 aromatic carbocycles. The van der Waals surface area contributed by atoms with Gasteiger partial charge in [-0.25, -0.2) is 4.39 Å². The number of rotatable bonds is 3. The lowest BCUT2D eigenvalue weighted by Crippen LogP contribution is -2.46. The fraction of sp³-hybridized carbons (Fsp3) is 0.533. The highest BCUT2D eigenvalue weighted by Gasteiger charge is 2.26. The van der Waals surface area contributed by atoms with Gasteiger partial charge >= 0.3 is 0 Å². The summed E-state index contributed by atoms with van der Waals surface area (Å²) in [5, 5.41) is 0. The van der Waals surface area contributed by atoms with E-state index < -0.39 is 0 Å². The topological polar surface area (TPSA) is 23.6 Å². The minimum absolute atomic E-state index is 0.0133. The molecule has 1 saturated heterocycles. The maximum Gasteiger partial charge on any atom is 0.254 e. The molecule has 0 bridgehead atoms. The molecule has 0 saturated carbocycles. The summed E-state index contributed by atoms with van der Waals surface area (Å²) in [6.45, 7) is 1.64. The predicted octanol–water partition coefficient (Wildman–Crippen LogP) is 2.33. The molecule has 0 spiro atoms. The Morgan fingerprint density at radius 1 is 1.40 bits per heavy atom. The van der Waals surface area contributed by atoms with E-state index in [1.165, 1.54) is 12.1 Å². The van der Waals surface area contributed by atoms with E-state index in [4.69, 9.17) is 0 Å². The first-order valence-electron chi connectivity index (χ1n) is 6.87. The summed E-state index contributed by atoms with van der Waals surface area (Å²) < 4.78 is 13.0. The van der Waals surface area contributed by atoms with Crippen molar-refractivity contribution in [2.24, 2.45) is 0 Å². The number of carbonyl (C=O) groups is 1. The Morgan fingerprint density at radius 2 is 2.10 bits per heavy atom. The normalized spacial score (nSPS) is 20.0. The van der Waals surface area contributed by atoms with Crippen LogP contribution in [-0.4, -0.2) is 60.4 Å². The molecular weight excluding hydrogens is 275 g/mol. The Hall–Kier alpha value is -1.07. The van der Waals surface area contributed by atoms with Gasteiger partial charge in [-0.2, -0.15) is 11.8 Å². The number of hydrogen-bond donors (Lipinski definition) is 0. The van der Waals surface area contributed by atoms with Crippen LogP contribution < -0.4 is 0 Å². The van der Waals surface area contributed by atoms with Crippen LogP contribution in [0.1, 0.15) is 16.8 Å². The second-order valence-electron chi connectivity index (χ2n) is 5.35. The first-order chi connectivity index (χ1) is 9.58. The van der Waals surface area contributed by atoms with Gasteiger partial charge in [0.25, 0.3) is 5.91 Å². The number of hydrogen-bond acceptors (Lipinski definition) is 3. The Balaban J connectivity index is 2.16. The van der Waals surface area contributed by atoms with E-state index in [-0.39, 0.29) is 17.8 Å². The molecule has 1 fully saturated rings. The lowest BCUT2D eigenvalue weighted by atomic mass is 10.1. The highest BCUT2D eigenvalue weighted by Crippen LogP contribution is 2.19. The van der Waals surface area contributed by atoms with Crippen molar-refractivity contribution in [2.75, 3.05) is 38.7 Å². The first-order valence-corrected chi connectivity index (χ1v) is 8.02. The largest absolute Gasteiger partial charge is 0.334 e. The molecule has 20 heavy (non-hydrogen) atoms. The average Bonchev–Trinajstić information content (AvgIpc) is 2.63. The Morgan fingerprint density at radius 3 is 2.75 bits per heavy atom. The van der Waals surface area contributed by atoms with E-state index in [1.54, 1.807) is 12.1 Å². The molecule has 3 nitrogen and oxygen atoms in total. The fourth-order valence-corrected chi connectivity index (χ4v) is 3.48. The van der Waals surface area contributed by atoms with Crippen LogP contribution in [0.2, 0.25) is 0 Å². The van der Waals surface area contributed by atoms with E-state index >= 15 is 0 Å². The molecule has 0 radical (unpaired) electrons. The molecule has 1 aromatic rings. The summed E-state index contributed by atoms with van der Waals surface area (Å²) >= 11 is 1.90. The highest BCUT2D eigenvalue weighted by molar-refractivity contribution is 7.99. The molecule has 1 aliphatic rings. The van der Waals surface area contributed by atoms with Gasteiger partial charge in [0, 0.05) is 24.4 Å². The summed E-state index contributed by atoms with van der Waals surface area (Å²) in [6, 6.07) is 6.06. The lowest BCUT2D eigenvalue weighted by Gasteiger charge is -2.31. The van der Waals surface area contributed by atoms with Crippen molar-refractivity contribution in [1.82, 2.24) is 9.80 Å². The predicted molar refractivity (Wildman–Crippen MR) is 81.7 cm³/mol. The van der Waals surface area contributed by atoms with Gasteiger partial charge in [-0.05, 0) is 50.5 Å². The van der Waals surface area contributed by atoms with Crippen LogP contribution in [0.25, 0.3) is 0 Å². The van der Waals surface area contributed by atoms with Crippen LogP contribution in [-0.2, 0) is 0 Å². The lowest BCUT2D eigenvalue weighted by molar-refractivity contribution is 0.0675.